The molecule has 68 valence electrons. The molecular formula is C10H18N2. The van der Waals surface area contributed by atoms with Gasteiger partial charge >= 0.3 is 0 Å². The average Bonchev–Trinajstić information content (AvgIpc) is 2.09. The van der Waals surface area contributed by atoms with Gasteiger partial charge in [0, 0.05) is 6.04 Å². The van der Waals surface area contributed by atoms with E-state index in [1.54, 1.807) is 0 Å². The Morgan fingerprint density at radius 1 is 1.33 bits per heavy atom. The lowest BCUT2D eigenvalue weighted by atomic mass is 9.87. The first-order valence-electron chi connectivity index (χ1n) is 4.88. The minimum absolute atomic E-state index is 0.0170. The Hall–Kier alpha value is -0.550. The molecule has 0 amide bonds. The van der Waals surface area contributed by atoms with Crippen molar-refractivity contribution in [2.45, 2.75) is 51.6 Å². The molecule has 0 bridgehead atoms. The largest absolute Gasteiger partial charge is 0.299 e. The summed E-state index contributed by atoms with van der Waals surface area (Å²) in [5, 5.41) is 11.9. The highest BCUT2D eigenvalue weighted by atomic mass is 14.9. The second-order valence-electron chi connectivity index (χ2n) is 3.97. The maximum atomic E-state index is 8.60. The van der Waals surface area contributed by atoms with E-state index in [4.69, 9.17) is 5.26 Å². The smallest absolute Gasteiger partial charge is 0.0926 e. The molecule has 0 aliphatic heterocycles. The molecule has 1 saturated carbocycles. The van der Waals surface area contributed by atoms with E-state index < -0.39 is 0 Å². The summed E-state index contributed by atoms with van der Waals surface area (Å²) in [5.41, 5.74) is 0. The van der Waals surface area contributed by atoms with Gasteiger partial charge in [0.05, 0.1) is 12.1 Å². The average molecular weight is 166 g/mol. The standard InChI is InChI=1S/C10H18N2/c1-8-3-5-10(6-4-8)12-9(2)7-11/h8-10,12H,3-6H2,1-2H3. The van der Waals surface area contributed by atoms with Crippen LogP contribution in [0.3, 0.4) is 0 Å². The normalized spacial score (nSPS) is 32.4. The summed E-state index contributed by atoms with van der Waals surface area (Å²) in [6, 6.07) is 2.82. The fourth-order valence-corrected chi connectivity index (χ4v) is 1.82. The van der Waals surface area contributed by atoms with Gasteiger partial charge in [-0.1, -0.05) is 6.92 Å². The van der Waals surface area contributed by atoms with Crippen LogP contribution < -0.4 is 5.32 Å². The summed E-state index contributed by atoms with van der Waals surface area (Å²) < 4.78 is 0. The first kappa shape index (κ1) is 9.54. The summed E-state index contributed by atoms with van der Waals surface area (Å²) >= 11 is 0. The number of rotatable bonds is 2. The third-order valence-electron chi connectivity index (χ3n) is 2.70. The number of hydrogen-bond donors (Lipinski definition) is 1. The molecule has 0 spiro atoms. The zero-order chi connectivity index (χ0) is 8.97. The molecule has 0 aromatic carbocycles. The molecule has 0 radical (unpaired) electrons. The van der Waals surface area contributed by atoms with Crippen LogP contribution in [-0.2, 0) is 0 Å². The van der Waals surface area contributed by atoms with E-state index >= 15 is 0 Å². The van der Waals surface area contributed by atoms with Crippen LogP contribution in [0.5, 0.6) is 0 Å². The molecule has 12 heavy (non-hydrogen) atoms. The minimum atomic E-state index is 0.0170. The van der Waals surface area contributed by atoms with E-state index in [1.165, 1.54) is 25.7 Å². The van der Waals surface area contributed by atoms with Crippen molar-refractivity contribution < 1.29 is 0 Å². The van der Waals surface area contributed by atoms with Crippen molar-refractivity contribution >= 4 is 0 Å². The molecule has 1 aliphatic rings. The third kappa shape index (κ3) is 2.83. The number of nitrogens with one attached hydrogen (secondary N) is 1. The highest BCUT2D eigenvalue weighted by molar-refractivity contribution is 4.89. The lowest BCUT2D eigenvalue weighted by Gasteiger charge is -2.27. The number of nitrogens with zero attached hydrogens (tertiary/aromatic N) is 1. The molecule has 2 nitrogen and oxygen atoms in total. The minimum Gasteiger partial charge on any atom is -0.299 e. The quantitative estimate of drug-likeness (QED) is 0.681. The molecule has 1 rings (SSSR count). The molecule has 0 heterocycles. The molecule has 0 saturated heterocycles. The molecule has 1 unspecified atom stereocenters. The van der Waals surface area contributed by atoms with Crippen molar-refractivity contribution in [2.24, 2.45) is 5.92 Å². The molecule has 1 atom stereocenters. The van der Waals surface area contributed by atoms with Gasteiger partial charge in [0.1, 0.15) is 0 Å². The first-order chi connectivity index (χ1) is 5.72. The molecule has 2 heteroatoms. The van der Waals surface area contributed by atoms with E-state index in [0.29, 0.717) is 6.04 Å². The van der Waals surface area contributed by atoms with Crippen LogP contribution in [0, 0.1) is 17.2 Å². The lowest BCUT2D eigenvalue weighted by molar-refractivity contribution is 0.302. The second kappa shape index (κ2) is 4.47. The zero-order valence-corrected chi connectivity index (χ0v) is 8.01. The first-order valence-corrected chi connectivity index (χ1v) is 4.88. The van der Waals surface area contributed by atoms with Crippen molar-refractivity contribution in [3.05, 3.63) is 0 Å². The lowest BCUT2D eigenvalue weighted by Crippen LogP contribution is -2.38. The second-order valence-corrected chi connectivity index (χ2v) is 3.97. The molecule has 1 aliphatic carbocycles. The molecular weight excluding hydrogens is 148 g/mol. The molecule has 1 N–H and O–H groups in total. The Kier molecular flexibility index (Phi) is 3.55. The maximum Gasteiger partial charge on any atom is 0.0926 e. The van der Waals surface area contributed by atoms with Crippen molar-refractivity contribution in [1.29, 1.82) is 5.26 Å². The van der Waals surface area contributed by atoms with Crippen molar-refractivity contribution in [2.75, 3.05) is 0 Å². The highest BCUT2D eigenvalue weighted by Crippen LogP contribution is 2.23. The monoisotopic (exact) mass is 166 g/mol. The van der Waals surface area contributed by atoms with E-state index in [-0.39, 0.29) is 6.04 Å². The van der Waals surface area contributed by atoms with Crippen molar-refractivity contribution in [3.8, 4) is 6.07 Å². The van der Waals surface area contributed by atoms with Gasteiger partial charge in [-0.3, -0.25) is 5.32 Å². The third-order valence-corrected chi connectivity index (χ3v) is 2.70. The Labute approximate surface area is 75.0 Å². The summed E-state index contributed by atoms with van der Waals surface area (Å²) in [4.78, 5) is 0. The van der Waals surface area contributed by atoms with E-state index in [2.05, 4.69) is 18.3 Å². The number of hydrogen-bond acceptors (Lipinski definition) is 2. The van der Waals surface area contributed by atoms with Gasteiger partial charge in [0.2, 0.25) is 0 Å². The van der Waals surface area contributed by atoms with Crippen LogP contribution in [-0.4, -0.2) is 12.1 Å². The highest BCUT2D eigenvalue weighted by Gasteiger charge is 2.18. The van der Waals surface area contributed by atoms with Gasteiger partial charge in [-0.25, -0.2) is 0 Å². The molecule has 1 fully saturated rings. The Morgan fingerprint density at radius 3 is 2.42 bits per heavy atom. The van der Waals surface area contributed by atoms with E-state index in [1.807, 2.05) is 6.92 Å². The predicted octanol–water partition coefficient (Wildman–Crippen LogP) is 2.07. The van der Waals surface area contributed by atoms with Crippen LogP contribution in [0.25, 0.3) is 0 Å². The van der Waals surface area contributed by atoms with Gasteiger partial charge in [0.15, 0.2) is 0 Å². The SMILES string of the molecule is CC1CCC(NC(C)C#N)CC1. The van der Waals surface area contributed by atoms with Gasteiger partial charge in [-0.15, -0.1) is 0 Å². The van der Waals surface area contributed by atoms with Crippen LogP contribution >= 0.6 is 0 Å². The van der Waals surface area contributed by atoms with Crippen molar-refractivity contribution in [3.63, 3.8) is 0 Å². The maximum absolute atomic E-state index is 8.60. The molecule has 0 aromatic heterocycles. The van der Waals surface area contributed by atoms with Gasteiger partial charge in [-0.2, -0.15) is 5.26 Å². The number of nitriles is 1. The Morgan fingerprint density at radius 2 is 1.92 bits per heavy atom. The van der Waals surface area contributed by atoms with E-state index in [9.17, 15) is 0 Å². The van der Waals surface area contributed by atoms with Crippen molar-refractivity contribution in [1.82, 2.24) is 5.32 Å². The zero-order valence-electron chi connectivity index (χ0n) is 8.01. The van der Waals surface area contributed by atoms with Crippen LogP contribution in [0.2, 0.25) is 0 Å². The fraction of sp³-hybridized carbons (Fsp3) is 0.900. The summed E-state index contributed by atoms with van der Waals surface area (Å²) in [6.07, 6.45) is 5.12. The Balaban J connectivity index is 2.22. The summed E-state index contributed by atoms with van der Waals surface area (Å²) in [6.45, 7) is 4.24. The van der Waals surface area contributed by atoms with Gasteiger partial charge < -0.3 is 0 Å². The predicted molar refractivity (Wildman–Crippen MR) is 49.6 cm³/mol. The molecule has 0 aromatic rings. The van der Waals surface area contributed by atoms with Crippen LogP contribution in [0.4, 0.5) is 0 Å². The van der Waals surface area contributed by atoms with Crippen LogP contribution in [0.1, 0.15) is 39.5 Å². The Bertz CT molecular complexity index is 163. The topological polar surface area (TPSA) is 35.8 Å². The summed E-state index contributed by atoms with van der Waals surface area (Å²) in [5.74, 6) is 0.889. The van der Waals surface area contributed by atoms with Gasteiger partial charge in [0.25, 0.3) is 0 Å². The van der Waals surface area contributed by atoms with Crippen LogP contribution in [0.15, 0.2) is 0 Å². The fourth-order valence-electron chi connectivity index (χ4n) is 1.82. The summed E-state index contributed by atoms with van der Waals surface area (Å²) in [7, 11) is 0. The van der Waals surface area contributed by atoms with Gasteiger partial charge in [-0.05, 0) is 38.5 Å². The van der Waals surface area contributed by atoms with E-state index in [0.717, 1.165) is 5.92 Å².